The molecule has 0 saturated carbocycles. The second kappa shape index (κ2) is 10.2. The topological polar surface area (TPSA) is 91.8 Å². The minimum atomic E-state index is -0.884. The molecule has 0 radical (unpaired) electrons. The van der Waals surface area contributed by atoms with Crippen LogP contribution in [-0.2, 0) is 16.1 Å². The second-order valence-corrected chi connectivity index (χ2v) is 7.32. The zero-order chi connectivity index (χ0) is 20.5. The van der Waals surface area contributed by atoms with Crippen LogP contribution in [0.2, 0.25) is 0 Å². The van der Waals surface area contributed by atoms with E-state index in [-0.39, 0.29) is 12.4 Å². The molecule has 3 aromatic carbocycles. The van der Waals surface area contributed by atoms with Gasteiger partial charge in [-0.25, -0.2) is 4.79 Å². The van der Waals surface area contributed by atoms with Crippen LogP contribution >= 0.6 is 11.8 Å². The zero-order valence-electron chi connectivity index (χ0n) is 15.5. The minimum Gasteiger partial charge on any atom is -0.445 e. The molecule has 7 heteroatoms. The van der Waals surface area contributed by atoms with Crippen LogP contribution in [0.5, 0.6) is 0 Å². The molecule has 29 heavy (non-hydrogen) atoms. The highest BCUT2D eigenvalue weighted by Crippen LogP contribution is 2.24. The molecule has 6 nitrogen and oxygen atoms in total. The molecule has 0 bridgehead atoms. The smallest absolute Gasteiger partial charge is 0.408 e. The van der Waals surface area contributed by atoms with Crippen molar-refractivity contribution in [3.05, 3.63) is 83.9 Å². The molecule has 0 heterocycles. The van der Waals surface area contributed by atoms with Gasteiger partial charge in [0.25, 0.3) is 5.78 Å². The van der Waals surface area contributed by atoms with E-state index in [1.807, 2.05) is 72.8 Å². The van der Waals surface area contributed by atoms with Crippen molar-refractivity contribution in [2.45, 2.75) is 17.5 Å². The van der Waals surface area contributed by atoms with Crippen molar-refractivity contribution < 1.29 is 19.1 Å². The van der Waals surface area contributed by atoms with E-state index in [9.17, 15) is 9.59 Å². The lowest BCUT2D eigenvalue weighted by Crippen LogP contribution is -2.43. The van der Waals surface area contributed by atoms with Gasteiger partial charge in [-0.15, -0.1) is 11.8 Å². The maximum atomic E-state index is 12.2. The number of alkyl carbamates (subject to hydrolysis) is 1. The van der Waals surface area contributed by atoms with Crippen molar-refractivity contribution in [2.24, 2.45) is 0 Å². The Morgan fingerprint density at radius 1 is 1.03 bits per heavy atom. The first kappa shape index (κ1) is 20.3. The molecule has 0 fully saturated rings. The number of nitrogens with zero attached hydrogens (tertiary/aromatic N) is 2. The van der Waals surface area contributed by atoms with Crippen LogP contribution in [0.25, 0.3) is 16.3 Å². The Bertz CT molecular complexity index is 1050. The molecule has 0 aliphatic rings. The molecule has 0 aromatic heterocycles. The van der Waals surface area contributed by atoms with Crippen LogP contribution in [0.15, 0.2) is 77.7 Å². The second-order valence-electron chi connectivity index (χ2n) is 6.23. The highest BCUT2D eigenvalue weighted by Gasteiger charge is 2.23. The van der Waals surface area contributed by atoms with Gasteiger partial charge in [-0.1, -0.05) is 60.7 Å². The number of ketones is 1. The van der Waals surface area contributed by atoms with Gasteiger partial charge in [0.05, 0.1) is 0 Å². The SMILES string of the molecule is [N-]=[N+]=CC(=O)[C@H](CSc1ccc2ccccc2c1)NC(=O)OCc1ccccc1. The zero-order valence-corrected chi connectivity index (χ0v) is 16.3. The number of Topliss-reactive ketones (excluding diaryl/α,β-unsaturated/α-hetero) is 1. The predicted octanol–water partition coefficient (Wildman–Crippen LogP) is 4.10. The average Bonchev–Trinajstić information content (AvgIpc) is 2.76. The Morgan fingerprint density at radius 3 is 2.52 bits per heavy atom. The Labute approximate surface area is 172 Å². The minimum absolute atomic E-state index is 0.0967. The molecule has 0 saturated heterocycles. The molecular weight excluding hydrogens is 386 g/mol. The first-order valence-electron chi connectivity index (χ1n) is 8.96. The fourth-order valence-electron chi connectivity index (χ4n) is 2.69. The normalized spacial score (nSPS) is 11.3. The summed E-state index contributed by atoms with van der Waals surface area (Å²) in [5.74, 6) is -0.249. The van der Waals surface area contributed by atoms with Crippen LogP contribution in [0.1, 0.15) is 5.56 Å². The molecule has 1 atom stereocenters. The number of hydrogen-bond acceptors (Lipinski definition) is 4. The molecular formula is C22H19N3O3S. The number of hydrogen-bond donors (Lipinski definition) is 1. The van der Waals surface area contributed by atoms with E-state index in [1.54, 1.807) is 0 Å². The highest BCUT2D eigenvalue weighted by atomic mass is 32.2. The molecule has 146 valence electrons. The van der Waals surface area contributed by atoms with E-state index in [2.05, 4.69) is 10.1 Å². The summed E-state index contributed by atoms with van der Waals surface area (Å²) in [7, 11) is 0. The largest absolute Gasteiger partial charge is 0.445 e. The number of amides is 1. The van der Waals surface area contributed by atoms with E-state index in [0.717, 1.165) is 27.4 Å². The average molecular weight is 405 g/mol. The molecule has 0 aliphatic heterocycles. The summed E-state index contributed by atoms with van der Waals surface area (Å²) in [4.78, 5) is 28.1. The van der Waals surface area contributed by atoms with E-state index in [1.165, 1.54) is 11.8 Å². The van der Waals surface area contributed by atoms with Crippen molar-refractivity contribution in [1.82, 2.24) is 5.32 Å². The molecule has 1 N–H and O–H groups in total. The lowest BCUT2D eigenvalue weighted by Gasteiger charge is -2.14. The number of thioether (sulfide) groups is 1. The van der Waals surface area contributed by atoms with Gasteiger partial charge in [-0.3, -0.25) is 4.79 Å². The number of nitrogens with one attached hydrogen (secondary N) is 1. The van der Waals surface area contributed by atoms with Crippen LogP contribution in [0.4, 0.5) is 4.79 Å². The van der Waals surface area contributed by atoms with Gasteiger partial charge < -0.3 is 15.6 Å². The van der Waals surface area contributed by atoms with Gasteiger partial charge in [0.15, 0.2) is 0 Å². The van der Waals surface area contributed by atoms with Crippen LogP contribution in [0, 0.1) is 0 Å². The molecule has 3 aromatic rings. The summed E-state index contributed by atoms with van der Waals surface area (Å²) < 4.78 is 5.18. The van der Waals surface area contributed by atoms with Gasteiger partial charge in [0, 0.05) is 10.6 Å². The highest BCUT2D eigenvalue weighted by molar-refractivity contribution is 7.99. The first-order valence-corrected chi connectivity index (χ1v) is 9.94. The molecule has 1 amide bonds. The van der Waals surface area contributed by atoms with Gasteiger partial charge in [-0.2, -0.15) is 4.79 Å². The monoisotopic (exact) mass is 405 g/mol. The third kappa shape index (κ3) is 6.04. The van der Waals surface area contributed by atoms with Crippen molar-refractivity contribution in [3.8, 4) is 0 Å². The van der Waals surface area contributed by atoms with Gasteiger partial charge in [-0.05, 0) is 28.5 Å². The number of ether oxygens (including phenoxy) is 1. The number of benzene rings is 3. The van der Waals surface area contributed by atoms with E-state index < -0.39 is 17.9 Å². The Hall–Kier alpha value is -3.41. The van der Waals surface area contributed by atoms with Crippen LogP contribution < -0.4 is 5.32 Å². The van der Waals surface area contributed by atoms with Crippen LogP contribution in [0.3, 0.4) is 0 Å². The number of carbonyl (C=O) groups excluding carboxylic acids is 2. The van der Waals surface area contributed by atoms with Gasteiger partial charge in [0.1, 0.15) is 12.6 Å². The summed E-state index contributed by atoms with van der Waals surface area (Å²) in [5, 5.41) is 4.76. The Kier molecular flexibility index (Phi) is 7.16. The van der Waals surface area contributed by atoms with Crippen molar-refractivity contribution >= 4 is 40.6 Å². The quantitative estimate of drug-likeness (QED) is 0.264. The summed E-state index contributed by atoms with van der Waals surface area (Å²) in [6.07, 6.45) is 0.0703. The standard InChI is InChI=1S/C22H19N3O3S/c23-24-13-21(26)20(25-22(27)28-14-16-6-2-1-3-7-16)15-29-19-11-10-17-8-4-5-9-18(17)12-19/h1-13,20H,14-15H2,(H,25,27)/t20-/m0/s1. The van der Waals surface area contributed by atoms with E-state index in [4.69, 9.17) is 10.3 Å². The predicted molar refractivity (Wildman–Crippen MR) is 113 cm³/mol. The fourth-order valence-corrected chi connectivity index (χ4v) is 3.67. The van der Waals surface area contributed by atoms with Crippen LogP contribution in [-0.4, -0.2) is 34.7 Å². The lowest BCUT2D eigenvalue weighted by atomic mass is 10.1. The number of fused-ring (bicyclic) bond motifs is 1. The lowest BCUT2D eigenvalue weighted by molar-refractivity contribution is -0.117. The molecule has 0 spiro atoms. The summed E-state index contributed by atoms with van der Waals surface area (Å²) in [5.41, 5.74) is 9.51. The van der Waals surface area contributed by atoms with Crippen molar-refractivity contribution in [2.75, 3.05) is 5.75 Å². The number of rotatable bonds is 8. The maximum absolute atomic E-state index is 12.2. The Morgan fingerprint density at radius 2 is 1.76 bits per heavy atom. The molecule has 0 unspecified atom stereocenters. The third-order valence-electron chi connectivity index (χ3n) is 4.17. The third-order valence-corrected chi connectivity index (χ3v) is 5.26. The molecule has 3 rings (SSSR count). The van der Waals surface area contributed by atoms with Gasteiger partial charge >= 0.3 is 12.3 Å². The summed E-state index contributed by atoms with van der Waals surface area (Å²) >= 11 is 1.42. The number of carbonyl (C=O) groups is 2. The maximum Gasteiger partial charge on any atom is 0.408 e. The Balaban J connectivity index is 1.62. The fraction of sp³-hybridized carbons (Fsp3) is 0.136. The van der Waals surface area contributed by atoms with E-state index in [0.29, 0.717) is 0 Å². The van der Waals surface area contributed by atoms with E-state index >= 15 is 0 Å². The first-order chi connectivity index (χ1) is 14.2. The summed E-state index contributed by atoms with van der Waals surface area (Å²) in [6, 6.07) is 22.3. The van der Waals surface area contributed by atoms with Crippen molar-refractivity contribution in [3.63, 3.8) is 0 Å². The van der Waals surface area contributed by atoms with Gasteiger partial charge in [0.2, 0.25) is 0 Å². The summed E-state index contributed by atoms with van der Waals surface area (Å²) in [6.45, 7) is 0.0967. The molecule has 0 aliphatic carbocycles. The van der Waals surface area contributed by atoms with Crippen molar-refractivity contribution in [1.29, 1.82) is 0 Å².